The van der Waals surface area contributed by atoms with Gasteiger partial charge < -0.3 is 19.8 Å². The molecule has 5 atom stereocenters. The number of fused-ring (bicyclic) bond motifs is 1. The molecule has 2 rings (SSSR count). The van der Waals surface area contributed by atoms with Crippen LogP contribution in [0.25, 0.3) is 0 Å². The van der Waals surface area contributed by atoms with Crippen molar-refractivity contribution >= 4 is 16.9 Å². The molecule has 5 nitrogen and oxygen atoms in total. The number of hydrogen-bond donors (Lipinski definition) is 2. The summed E-state index contributed by atoms with van der Waals surface area (Å²) in [6.07, 6.45) is -3.41. The molecule has 0 saturated carbocycles. The van der Waals surface area contributed by atoms with Crippen molar-refractivity contribution in [2.24, 2.45) is 4.99 Å². The van der Waals surface area contributed by atoms with Gasteiger partial charge in [0, 0.05) is 14.1 Å². The topological polar surface area (TPSA) is 65.3 Å². The van der Waals surface area contributed by atoms with E-state index in [4.69, 9.17) is 4.74 Å². The standard InChI is InChI=1S/C11H19FN2O3S/c1-11(2,12)8-7(16)6(15)5-9(17-8)18-10(13-5)14(3)4/h5-9,15-16H,1-4H3/t5-,6-,7+,8+,9-/m1/s1. The maximum absolute atomic E-state index is 14.0. The molecule has 104 valence electrons. The largest absolute Gasteiger partial charge is 0.388 e. The van der Waals surface area contributed by atoms with E-state index in [1.165, 1.54) is 25.6 Å². The first kappa shape index (κ1) is 14.0. The fourth-order valence-electron chi connectivity index (χ4n) is 2.13. The third-order valence-electron chi connectivity index (χ3n) is 3.11. The monoisotopic (exact) mass is 278 g/mol. The molecule has 2 aliphatic rings. The second-order valence-corrected chi connectivity index (χ2v) is 6.45. The van der Waals surface area contributed by atoms with Crippen LogP contribution in [-0.4, -0.2) is 69.8 Å². The van der Waals surface area contributed by atoms with Gasteiger partial charge in [-0.05, 0) is 13.8 Å². The summed E-state index contributed by atoms with van der Waals surface area (Å²) in [6, 6.07) is -0.541. The molecule has 0 aromatic heterocycles. The average Bonchev–Trinajstić information content (AvgIpc) is 2.65. The summed E-state index contributed by atoms with van der Waals surface area (Å²) in [5.41, 5.74) is -2.16. The van der Waals surface area contributed by atoms with Gasteiger partial charge >= 0.3 is 0 Å². The van der Waals surface area contributed by atoms with Gasteiger partial charge in [-0.2, -0.15) is 0 Å². The van der Waals surface area contributed by atoms with E-state index in [2.05, 4.69) is 4.99 Å². The molecule has 0 spiro atoms. The number of amidine groups is 1. The average molecular weight is 278 g/mol. The third-order valence-corrected chi connectivity index (χ3v) is 4.41. The molecule has 2 heterocycles. The molecule has 0 aliphatic carbocycles. The highest BCUT2D eigenvalue weighted by molar-refractivity contribution is 8.14. The van der Waals surface area contributed by atoms with E-state index >= 15 is 0 Å². The Bertz CT molecular complexity index is 359. The van der Waals surface area contributed by atoms with Crippen molar-refractivity contribution in [3.05, 3.63) is 0 Å². The summed E-state index contributed by atoms with van der Waals surface area (Å²) >= 11 is 1.34. The first-order valence-electron chi connectivity index (χ1n) is 5.84. The first-order valence-corrected chi connectivity index (χ1v) is 6.72. The third kappa shape index (κ3) is 2.36. The number of nitrogens with zero attached hydrogens (tertiary/aromatic N) is 2. The summed E-state index contributed by atoms with van der Waals surface area (Å²) in [4.78, 5) is 6.11. The minimum atomic E-state index is -1.72. The van der Waals surface area contributed by atoms with Crippen molar-refractivity contribution in [3.8, 4) is 0 Å². The molecule has 2 N–H and O–H groups in total. The number of aliphatic hydroxyl groups excluding tert-OH is 2. The zero-order valence-electron chi connectivity index (χ0n) is 10.9. The number of aliphatic imine (C=N–C) groups is 1. The molecular formula is C11H19FN2O3S. The van der Waals surface area contributed by atoms with Crippen molar-refractivity contribution in [2.45, 2.75) is 49.3 Å². The van der Waals surface area contributed by atoms with E-state index in [0.29, 0.717) is 5.17 Å². The molecule has 1 fully saturated rings. The lowest BCUT2D eigenvalue weighted by Gasteiger charge is -2.42. The quantitative estimate of drug-likeness (QED) is 0.718. The summed E-state index contributed by atoms with van der Waals surface area (Å²) in [5, 5.41) is 20.7. The van der Waals surface area contributed by atoms with Gasteiger partial charge in [-0.3, -0.25) is 4.99 Å². The molecule has 0 aromatic carbocycles. The van der Waals surface area contributed by atoms with E-state index in [9.17, 15) is 14.6 Å². The Morgan fingerprint density at radius 3 is 2.44 bits per heavy atom. The summed E-state index contributed by atoms with van der Waals surface area (Å²) < 4.78 is 19.5. The highest BCUT2D eigenvalue weighted by atomic mass is 32.2. The van der Waals surface area contributed by atoms with Crippen LogP contribution >= 0.6 is 11.8 Å². The Hall–Kier alpha value is -0.370. The number of thioether (sulfide) groups is 1. The van der Waals surface area contributed by atoms with E-state index < -0.39 is 35.5 Å². The van der Waals surface area contributed by atoms with Crippen LogP contribution in [0.4, 0.5) is 4.39 Å². The van der Waals surface area contributed by atoms with Crippen molar-refractivity contribution in [1.82, 2.24) is 4.90 Å². The van der Waals surface area contributed by atoms with Gasteiger partial charge in [0.25, 0.3) is 0 Å². The Labute approximate surface area is 110 Å². The minimum absolute atomic E-state index is 0.444. The molecular weight excluding hydrogens is 259 g/mol. The summed E-state index contributed by atoms with van der Waals surface area (Å²) in [6.45, 7) is 2.67. The molecule has 0 unspecified atom stereocenters. The van der Waals surface area contributed by atoms with Crippen molar-refractivity contribution in [3.63, 3.8) is 0 Å². The first-order chi connectivity index (χ1) is 8.21. The Morgan fingerprint density at radius 1 is 1.33 bits per heavy atom. The van der Waals surface area contributed by atoms with E-state index in [1.807, 2.05) is 14.1 Å². The highest BCUT2D eigenvalue weighted by Gasteiger charge is 2.52. The molecule has 18 heavy (non-hydrogen) atoms. The fraction of sp³-hybridized carbons (Fsp3) is 0.909. The van der Waals surface area contributed by atoms with E-state index in [1.54, 1.807) is 4.90 Å². The van der Waals surface area contributed by atoms with Crippen molar-refractivity contribution < 1.29 is 19.3 Å². The Morgan fingerprint density at radius 2 is 1.94 bits per heavy atom. The molecule has 0 amide bonds. The molecule has 7 heteroatoms. The number of ether oxygens (including phenoxy) is 1. The van der Waals surface area contributed by atoms with Crippen molar-refractivity contribution in [2.75, 3.05) is 14.1 Å². The fourth-order valence-corrected chi connectivity index (χ4v) is 3.27. The van der Waals surface area contributed by atoms with Gasteiger partial charge in [0.05, 0.1) is 0 Å². The van der Waals surface area contributed by atoms with Gasteiger partial charge in [-0.25, -0.2) is 4.39 Å². The maximum atomic E-state index is 14.0. The van der Waals surface area contributed by atoms with Crippen LogP contribution in [0.1, 0.15) is 13.8 Å². The summed E-state index contributed by atoms with van der Waals surface area (Å²) in [5.74, 6) is 0. The zero-order valence-corrected chi connectivity index (χ0v) is 11.7. The number of alkyl halides is 1. The lowest BCUT2D eigenvalue weighted by molar-refractivity contribution is -0.191. The van der Waals surface area contributed by atoms with Gasteiger partial charge in [0.2, 0.25) is 0 Å². The second kappa shape index (κ2) is 4.63. The Kier molecular flexibility index (Phi) is 3.61. The summed E-state index contributed by atoms with van der Waals surface area (Å²) in [7, 11) is 3.67. The Balaban J connectivity index is 2.19. The molecule has 1 saturated heterocycles. The van der Waals surface area contributed by atoms with Crippen LogP contribution < -0.4 is 0 Å². The van der Waals surface area contributed by atoms with Crippen LogP contribution in [0, 0.1) is 0 Å². The van der Waals surface area contributed by atoms with E-state index in [-0.39, 0.29) is 0 Å². The van der Waals surface area contributed by atoms with Crippen LogP contribution in [0.2, 0.25) is 0 Å². The molecule has 0 radical (unpaired) electrons. The van der Waals surface area contributed by atoms with Crippen molar-refractivity contribution in [1.29, 1.82) is 0 Å². The predicted octanol–water partition coefficient (Wildman–Crippen LogP) is 0.214. The number of hydrogen-bond acceptors (Lipinski definition) is 6. The zero-order chi connectivity index (χ0) is 13.7. The lowest BCUT2D eigenvalue weighted by atomic mass is 9.90. The number of rotatable bonds is 1. The number of aliphatic hydroxyl groups is 2. The maximum Gasteiger partial charge on any atom is 0.161 e. The second-order valence-electron chi connectivity index (χ2n) is 5.39. The van der Waals surface area contributed by atoms with Gasteiger partial charge in [-0.15, -0.1) is 0 Å². The number of halogens is 1. The minimum Gasteiger partial charge on any atom is -0.388 e. The highest BCUT2D eigenvalue weighted by Crippen LogP contribution is 2.40. The smallest absolute Gasteiger partial charge is 0.161 e. The van der Waals surface area contributed by atoms with Gasteiger partial charge in [0.15, 0.2) is 5.17 Å². The molecule has 2 aliphatic heterocycles. The molecule has 0 bridgehead atoms. The van der Waals surface area contributed by atoms with E-state index in [0.717, 1.165) is 0 Å². The van der Waals surface area contributed by atoms with Gasteiger partial charge in [-0.1, -0.05) is 11.8 Å². The van der Waals surface area contributed by atoms with Crippen LogP contribution in [0.3, 0.4) is 0 Å². The molecule has 0 aromatic rings. The predicted molar refractivity (Wildman–Crippen MR) is 68.4 cm³/mol. The normalized spacial score (nSPS) is 40.4. The van der Waals surface area contributed by atoms with Gasteiger partial charge in [0.1, 0.15) is 35.5 Å². The SMILES string of the molecule is CN(C)C1=N[C@@H]2[C@@H](O)[C@H](O)[C@@H](C(C)(C)F)O[C@@H]2S1. The lowest BCUT2D eigenvalue weighted by Crippen LogP contribution is -2.60. The van der Waals surface area contributed by atoms with Crippen LogP contribution in [0.5, 0.6) is 0 Å². The van der Waals surface area contributed by atoms with Crippen LogP contribution in [0.15, 0.2) is 4.99 Å². The van der Waals surface area contributed by atoms with Crippen LogP contribution in [-0.2, 0) is 4.74 Å².